The second-order valence-corrected chi connectivity index (χ2v) is 7.28. The maximum atomic E-state index is 12.5. The smallest absolute Gasteiger partial charge is 0.343 e. The highest BCUT2D eigenvalue weighted by Crippen LogP contribution is 2.24. The van der Waals surface area contributed by atoms with Gasteiger partial charge in [-0.2, -0.15) is 5.10 Å². The molecule has 2 N–H and O–H groups in total. The van der Waals surface area contributed by atoms with E-state index in [0.29, 0.717) is 17.9 Å². The molecule has 11 nitrogen and oxygen atoms in total. The van der Waals surface area contributed by atoms with Crippen molar-refractivity contribution in [3.05, 3.63) is 93.5 Å². The van der Waals surface area contributed by atoms with Gasteiger partial charge < -0.3 is 14.8 Å². The lowest BCUT2D eigenvalue weighted by molar-refractivity contribution is -0.384. The largest absolute Gasteiger partial charge is 0.497 e. The molecule has 3 rings (SSSR count). The van der Waals surface area contributed by atoms with Crippen LogP contribution >= 0.6 is 0 Å². The molecule has 0 saturated carbocycles. The Morgan fingerprint density at radius 2 is 1.67 bits per heavy atom. The van der Waals surface area contributed by atoms with E-state index in [9.17, 15) is 24.5 Å². The SMILES string of the molecule is CCC(=O)Nc1ccc(C(=O)N/N=C/c2cc([N+](=O)[O-])ccc2OC(=O)c2ccc(OC)cc2)cc1. The van der Waals surface area contributed by atoms with Crippen LogP contribution in [-0.4, -0.2) is 36.0 Å². The molecule has 0 aromatic heterocycles. The number of rotatable bonds is 9. The number of amides is 2. The van der Waals surface area contributed by atoms with Crippen LogP contribution < -0.4 is 20.2 Å². The molecule has 36 heavy (non-hydrogen) atoms. The predicted octanol–water partition coefficient (Wildman–Crippen LogP) is 3.94. The summed E-state index contributed by atoms with van der Waals surface area (Å²) in [5.41, 5.74) is 3.21. The van der Waals surface area contributed by atoms with Gasteiger partial charge in [0, 0.05) is 35.4 Å². The Morgan fingerprint density at radius 3 is 2.28 bits per heavy atom. The van der Waals surface area contributed by atoms with Crippen LogP contribution in [0.4, 0.5) is 11.4 Å². The first-order chi connectivity index (χ1) is 17.3. The fourth-order valence-corrected chi connectivity index (χ4v) is 2.91. The van der Waals surface area contributed by atoms with E-state index >= 15 is 0 Å². The lowest BCUT2D eigenvalue weighted by Gasteiger charge is -2.08. The first-order valence-electron chi connectivity index (χ1n) is 10.7. The maximum Gasteiger partial charge on any atom is 0.343 e. The van der Waals surface area contributed by atoms with Gasteiger partial charge in [0.2, 0.25) is 5.91 Å². The third kappa shape index (κ3) is 6.73. The molecule has 0 radical (unpaired) electrons. The molecule has 2 amide bonds. The van der Waals surface area contributed by atoms with E-state index in [1.807, 2.05) is 0 Å². The van der Waals surface area contributed by atoms with E-state index in [4.69, 9.17) is 9.47 Å². The fourth-order valence-electron chi connectivity index (χ4n) is 2.91. The molecular weight excluding hydrogens is 468 g/mol. The molecule has 0 aliphatic rings. The molecule has 11 heteroatoms. The Bertz CT molecular complexity index is 1300. The fraction of sp³-hybridized carbons (Fsp3) is 0.120. The number of hydrazone groups is 1. The van der Waals surface area contributed by atoms with Crippen molar-refractivity contribution in [1.82, 2.24) is 5.43 Å². The minimum absolute atomic E-state index is 0.00966. The number of methoxy groups -OCH3 is 1. The molecule has 0 unspecified atom stereocenters. The molecule has 0 aliphatic carbocycles. The van der Waals surface area contributed by atoms with E-state index in [1.54, 1.807) is 31.2 Å². The summed E-state index contributed by atoms with van der Waals surface area (Å²) in [6.07, 6.45) is 1.46. The van der Waals surface area contributed by atoms with E-state index in [-0.39, 0.29) is 34.0 Å². The van der Waals surface area contributed by atoms with Crippen molar-refractivity contribution in [1.29, 1.82) is 0 Å². The Kier molecular flexibility index (Phi) is 8.44. The highest BCUT2D eigenvalue weighted by Gasteiger charge is 2.15. The van der Waals surface area contributed by atoms with Crippen LogP contribution in [0.25, 0.3) is 0 Å². The van der Waals surface area contributed by atoms with Crippen molar-refractivity contribution >= 4 is 35.4 Å². The van der Waals surface area contributed by atoms with Crippen LogP contribution in [0.5, 0.6) is 11.5 Å². The summed E-state index contributed by atoms with van der Waals surface area (Å²) in [5.74, 6) is -0.833. The zero-order valence-electron chi connectivity index (χ0n) is 19.4. The minimum atomic E-state index is -0.694. The van der Waals surface area contributed by atoms with Gasteiger partial charge in [-0.25, -0.2) is 10.2 Å². The number of nitrogens with zero attached hydrogens (tertiary/aromatic N) is 2. The Morgan fingerprint density at radius 1 is 1.00 bits per heavy atom. The third-order valence-corrected chi connectivity index (χ3v) is 4.85. The average molecular weight is 490 g/mol. The number of benzene rings is 3. The number of non-ortho nitro benzene ring substituents is 1. The summed E-state index contributed by atoms with van der Waals surface area (Å²) >= 11 is 0. The summed E-state index contributed by atoms with van der Waals surface area (Å²) in [4.78, 5) is 47.0. The molecule has 0 bridgehead atoms. The highest BCUT2D eigenvalue weighted by molar-refractivity contribution is 5.97. The molecule has 0 atom stereocenters. The van der Waals surface area contributed by atoms with Crippen LogP contribution in [0.2, 0.25) is 0 Å². The van der Waals surface area contributed by atoms with Crippen molar-refractivity contribution in [2.45, 2.75) is 13.3 Å². The topological polar surface area (TPSA) is 149 Å². The Labute approximate surface area is 205 Å². The predicted molar refractivity (Wildman–Crippen MR) is 131 cm³/mol. The number of hydrogen-bond donors (Lipinski definition) is 2. The van der Waals surface area contributed by atoms with Crippen molar-refractivity contribution in [2.75, 3.05) is 12.4 Å². The Balaban J connectivity index is 1.74. The molecule has 184 valence electrons. The van der Waals surface area contributed by atoms with Gasteiger partial charge in [0.15, 0.2) is 0 Å². The molecule has 0 saturated heterocycles. The molecule has 0 fully saturated rings. The first-order valence-corrected chi connectivity index (χ1v) is 10.7. The summed E-state index contributed by atoms with van der Waals surface area (Å²) < 4.78 is 10.5. The van der Waals surface area contributed by atoms with Crippen LogP contribution in [-0.2, 0) is 4.79 Å². The summed E-state index contributed by atoms with van der Waals surface area (Å²) in [7, 11) is 1.50. The number of nitro benzene ring substituents is 1. The maximum absolute atomic E-state index is 12.5. The lowest BCUT2D eigenvalue weighted by Crippen LogP contribution is -2.18. The van der Waals surface area contributed by atoms with Crippen LogP contribution in [0.3, 0.4) is 0 Å². The number of anilines is 1. The molecular formula is C25H22N4O7. The molecule has 0 heterocycles. The number of carbonyl (C=O) groups is 3. The summed E-state index contributed by atoms with van der Waals surface area (Å²) in [6, 6.07) is 16.0. The molecule has 0 spiro atoms. The quantitative estimate of drug-likeness (QED) is 0.152. The summed E-state index contributed by atoms with van der Waals surface area (Å²) in [6.45, 7) is 1.72. The van der Waals surface area contributed by atoms with Gasteiger partial charge in [0.05, 0.1) is 23.8 Å². The average Bonchev–Trinajstić information content (AvgIpc) is 2.89. The first kappa shape index (κ1) is 25.6. The van der Waals surface area contributed by atoms with E-state index < -0.39 is 16.8 Å². The van der Waals surface area contributed by atoms with Crippen molar-refractivity contribution in [2.24, 2.45) is 5.10 Å². The van der Waals surface area contributed by atoms with Gasteiger partial charge in [-0.3, -0.25) is 19.7 Å². The van der Waals surface area contributed by atoms with Gasteiger partial charge in [-0.1, -0.05) is 6.92 Å². The monoisotopic (exact) mass is 490 g/mol. The lowest BCUT2D eigenvalue weighted by atomic mass is 10.2. The summed E-state index contributed by atoms with van der Waals surface area (Å²) in [5, 5.41) is 17.7. The number of nitro groups is 1. The number of carbonyl (C=O) groups excluding carboxylic acids is 3. The van der Waals surface area contributed by atoms with Gasteiger partial charge in [-0.15, -0.1) is 0 Å². The van der Waals surface area contributed by atoms with Gasteiger partial charge in [0.25, 0.3) is 11.6 Å². The zero-order chi connectivity index (χ0) is 26.1. The van der Waals surface area contributed by atoms with Crippen LogP contribution in [0.1, 0.15) is 39.6 Å². The second-order valence-electron chi connectivity index (χ2n) is 7.28. The minimum Gasteiger partial charge on any atom is -0.497 e. The number of nitrogens with one attached hydrogen (secondary N) is 2. The van der Waals surface area contributed by atoms with Gasteiger partial charge >= 0.3 is 5.97 Å². The third-order valence-electron chi connectivity index (χ3n) is 4.85. The van der Waals surface area contributed by atoms with E-state index in [1.165, 1.54) is 43.5 Å². The van der Waals surface area contributed by atoms with Crippen molar-refractivity contribution in [3.8, 4) is 11.5 Å². The van der Waals surface area contributed by atoms with E-state index in [2.05, 4.69) is 15.8 Å². The Hall–Kier alpha value is -5.06. The standard InChI is InChI=1S/C25H22N4O7/c1-3-23(30)27-19-8-4-16(5-9-19)24(31)28-26-15-18-14-20(29(33)34)10-13-22(18)36-25(32)17-6-11-21(35-2)12-7-17/h4-15H,3H2,1-2H3,(H,27,30)(H,28,31)/b26-15+. The van der Waals surface area contributed by atoms with Crippen LogP contribution in [0, 0.1) is 10.1 Å². The van der Waals surface area contributed by atoms with E-state index in [0.717, 1.165) is 12.3 Å². The number of ether oxygens (including phenoxy) is 2. The second kappa shape index (κ2) is 11.9. The van der Waals surface area contributed by atoms with Gasteiger partial charge in [0.1, 0.15) is 11.5 Å². The van der Waals surface area contributed by atoms with Crippen LogP contribution in [0.15, 0.2) is 71.8 Å². The number of esters is 1. The zero-order valence-corrected chi connectivity index (χ0v) is 19.4. The van der Waals surface area contributed by atoms with Crippen molar-refractivity contribution in [3.63, 3.8) is 0 Å². The molecule has 3 aromatic rings. The van der Waals surface area contributed by atoms with Crippen molar-refractivity contribution < 1.29 is 28.8 Å². The number of hydrogen-bond acceptors (Lipinski definition) is 8. The molecule has 0 aliphatic heterocycles. The molecule has 3 aromatic carbocycles. The van der Waals surface area contributed by atoms with Gasteiger partial charge in [-0.05, 0) is 54.6 Å². The normalized spacial score (nSPS) is 10.5. The highest BCUT2D eigenvalue weighted by atomic mass is 16.6.